The fourth-order valence-corrected chi connectivity index (χ4v) is 2.61. The number of hydrogen-bond acceptors (Lipinski definition) is 3. The summed E-state index contributed by atoms with van der Waals surface area (Å²) in [7, 11) is 0. The fraction of sp³-hybridized carbons (Fsp3) is 0.389. The third-order valence-corrected chi connectivity index (χ3v) is 3.56. The molecule has 0 aliphatic rings. The zero-order valence-electron chi connectivity index (χ0n) is 13.2. The molecular formula is C18H22ClNO2. The molecule has 0 aliphatic carbocycles. The van der Waals surface area contributed by atoms with Gasteiger partial charge in [0.15, 0.2) is 0 Å². The Morgan fingerprint density at radius 1 is 1.14 bits per heavy atom. The molecule has 0 bridgehead atoms. The first-order valence-electron chi connectivity index (χ1n) is 7.30. The van der Waals surface area contributed by atoms with Crippen LogP contribution in [0.3, 0.4) is 0 Å². The van der Waals surface area contributed by atoms with E-state index >= 15 is 0 Å². The summed E-state index contributed by atoms with van der Waals surface area (Å²) >= 11 is 5.87. The van der Waals surface area contributed by atoms with Crippen LogP contribution < -0.4 is 4.74 Å². The molecule has 2 rings (SSSR count). The molecule has 0 amide bonds. The number of hydrogen-bond donors (Lipinski definition) is 1. The van der Waals surface area contributed by atoms with E-state index in [9.17, 15) is 5.11 Å². The number of halogens is 1. The van der Waals surface area contributed by atoms with Gasteiger partial charge in [0.2, 0.25) is 0 Å². The molecule has 4 heteroatoms. The number of ether oxygens (including phenoxy) is 1. The van der Waals surface area contributed by atoms with Crippen molar-refractivity contribution in [2.45, 2.75) is 32.8 Å². The molecule has 0 aliphatic heterocycles. The second kappa shape index (κ2) is 6.67. The third-order valence-electron chi connectivity index (χ3n) is 3.31. The summed E-state index contributed by atoms with van der Waals surface area (Å²) in [4.78, 5) is 4.11. The van der Waals surface area contributed by atoms with Crippen LogP contribution in [0, 0.1) is 5.41 Å². The van der Waals surface area contributed by atoms with E-state index in [2.05, 4.69) is 25.8 Å². The first kappa shape index (κ1) is 16.8. The second-order valence-electron chi connectivity index (χ2n) is 6.75. The molecular weight excluding hydrogens is 298 g/mol. The van der Waals surface area contributed by atoms with Crippen LogP contribution in [-0.2, 0) is 5.60 Å². The van der Waals surface area contributed by atoms with Crippen LogP contribution in [0.25, 0.3) is 0 Å². The molecule has 0 saturated carbocycles. The van der Waals surface area contributed by atoms with Crippen LogP contribution >= 0.6 is 11.6 Å². The van der Waals surface area contributed by atoms with E-state index in [4.69, 9.17) is 16.3 Å². The zero-order valence-corrected chi connectivity index (χ0v) is 14.0. The average molecular weight is 320 g/mol. The summed E-state index contributed by atoms with van der Waals surface area (Å²) in [5.74, 6) is 0.681. The predicted molar refractivity (Wildman–Crippen MR) is 89.2 cm³/mol. The number of rotatable bonds is 5. The Hall–Kier alpha value is -1.58. The van der Waals surface area contributed by atoms with Gasteiger partial charge in [0, 0.05) is 23.0 Å². The van der Waals surface area contributed by atoms with Gasteiger partial charge in [-0.1, -0.05) is 38.4 Å². The lowest BCUT2D eigenvalue weighted by Crippen LogP contribution is -2.37. The Morgan fingerprint density at radius 3 is 2.36 bits per heavy atom. The van der Waals surface area contributed by atoms with Gasteiger partial charge in [-0.25, -0.2) is 0 Å². The molecule has 0 radical (unpaired) electrons. The molecule has 1 heterocycles. The average Bonchev–Trinajstić information content (AvgIpc) is 2.46. The lowest BCUT2D eigenvalue weighted by Gasteiger charge is -2.34. The quantitative estimate of drug-likeness (QED) is 0.886. The van der Waals surface area contributed by atoms with E-state index in [1.165, 1.54) is 0 Å². The van der Waals surface area contributed by atoms with Gasteiger partial charge in [0.25, 0.3) is 0 Å². The van der Waals surface area contributed by atoms with Crippen molar-refractivity contribution >= 4 is 11.6 Å². The maximum Gasteiger partial charge on any atom is 0.125 e. The van der Waals surface area contributed by atoms with E-state index in [0.717, 1.165) is 5.56 Å². The van der Waals surface area contributed by atoms with Gasteiger partial charge < -0.3 is 9.84 Å². The number of benzene rings is 1. The summed E-state index contributed by atoms with van der Waals surface area (Å²) in [6.45, 7) is 6.45. The first-order valence-corrected chi connectivity index (χ1v) is 7.68. The summed E-state index contributed by atoms with van der Waals surface area (Å²) in [5, 5.41) is 11.8. The van der Waals surface area contributed by atoms with Crippen LogP contribution in [0.15, 0.2) is 48.8 Å². The molecule has 1 aromatic carbocycles. The van der Waals surface area contributed by atoms with Crippen molar-refractivity contribution in [3.63, 3.8) is 0 Å². The van der Waals surface area contributed by atoms with Crippen LogP contribution in [0.1, 0.15) is 32.8 Å². The van der Waals surface area contributed by atoms with Crippen LogP contribution in [-0.4, -0.2) is 16.7 Å². The molecule has 1 N–H and O–H groups in total. The van der Waals surface area contributed by atoms with Crippen LogP contribution in [0.2, 0.25) is 5.02 Å². The van der Waals surface area contributed by atoms with Gasteiger partial charge in [0.1, 0.15) is 18.0 Å². The fourth-order valence-electron chi connectivity index (χ4n) is 2.49. The SMILES string of the molecule is CC(C)(C)C[C@@](O)(COc1ccc(Cl)cc1)c1cccnc1. The summed E-state index contributed by atoms with van der Waals surface area (Å²) in [6.07, 6.45) is 3.96. The molecule has 1 atom stereocenters. The van der Waals surface area contributed by atoms with Crippen molar-refractivity contribution < 1.29 is 9.84 Å². The van der Waals surface area contributed by atoms with Crippen molar-refractivity contribution in [3.8, 4) is 5.75 Å². The third kappa shape index (κ3) is 4.72. The number of aromatic nitrogens is 1. The molecule has 1 aromatic heterocycles. The Kier molecular flexibility index (Phi) is 5.09. The number of aliphatic hydroxyl groups is 1. The molecule has 0 fully saturated rings. The van der Waals surface area contributed by atoms with E-state index in [1.54, 1.807) is 36.7 Å². The Morgan fingerprint density at radius 2 is 1.82 bits per heavy atom. The highest BCUT2D eigenvalue weighted by molar-refractivity contribution is 6.30. The molecule has 0 saturated heterocycles. The zero-order chi connectivity index (χ0) is 16.2. The molecule has 22 heavy (non-hydrogen) atoms. The molecule has 3 nitrogen and oxygen atoms in total. The van der Waals surface area contributed by atoms with Gasteiger partial charge in [-0.2, -0.15) is 0 Å². The van der Waals surface area contributed by atoms with Crippen molar-refractivity contribution in [1.82, 2.24) is 4.98 Å². The van der Waals surface area contributed by atoms with E-state index in [0.29, 0.717) is 17.2 Å². The van der Waals surface area contributed by atoms with Crippen molar-refractivity contribution in [3.05, 3.63) is 59.4 Å². The lowest BCUT2D eigenvalue weighted by molar-refractivity contribution is -0.0409. The maximum absolute atomic E-state index is 11.1. The highest BCUT2D eigenvalue weighted by Crippen LogP contribution is 2.35. The maximum atomic E-state index is 11.1. The highest BCUT2D eigenvalue weighted by Gasteiger charge is 2.35. The molecule has 0 unspecified atom stereocenters. The number of pyridine rings is 1. The minimum absolute atomic E-state index is 0.0477. The van der Waals surface area contributed by atoms with Crippen LogP contribution in [0.4, 0.5) is 0 Å². The molecule has 118 valence electrons. The van der Waals surface area contributed by atoms with E-state index in [1.807, 2.05) is 12.1 Å². The smallest absolute Gasteiger partial charge is 0.125 e. The number of nitrogens with zero attached hydrogens (tertiary/aromatic N) is 1. The normalized spacial score (nSPS) is 14.4. The summed E-state index contributed by atoms with van der Waals surface area (Å²) in [6, 6.07) is 10.8. The first-order chi connectivity index (χ1) is 10.3. The minimum atomic E-state index is -1.09. The van der Waals surface area contributed by atoms with Crippen LogP contribution in [0.5, 0.6) is 5.75 Å². The highest BCUT2D eigenvalue weighted by atomic mass is 35.5. The van der Waals surface area contributed by atoms with Crippen molar-refractivity contribution in [2.24, 2.45) is 5.41 Å². The standard InChI is InChI=1S/C18H22ClNO2/c1-17(2,3)12-18(21,14-5-4-10-20-11-14)13-22-16-8-6-15(19)7-9-16/h4-11,21H,12-13H2,1-3H3/t18-/m1/s1. The summed E-state index contributed by atoms with van der Waals surface area (Å²) in [5.41, 5.74) is -0.376. The van der Waals surface area contributed by atoms with Crippen molar-refractivity contribution in [1.29, 1.82) is 0 Å². The monoisotopic (exact) mass is 319 g/mol. The minimum Gasteiger partial charge on any atom is -0.490 e. The Labute approximate surface area is 136 Å². The molecule has 2 aromatic rings. The lowest BCUT2D eigenvalue weighted by atomic mass is 9.79. The van der Waals surface area contributed by atoms with Gasteiger partial charge in [-0.3, -0.25) is 4.98 Å². The van der Waals surface area contributed by atoms with Crippen molar-refractivity contribution in [2.75, 3.05) is 6.61 Å². The Balaban J connectivity index is 2.19. The topological polar surface area (TPSA) is 42.4 Å². The van der Waals surface area contributed by atoms with Gasteiger partial charge in [-0.15, -0.1) is 0 Å². The summed E-state index contributed by atoms with van der Waals surface area (Å²) < 4.78 is 5.79. The van der Waals surface area contributed by atoms with E-state index < -0.39 is 5.60 Å². The largest absolute Gasteiger partial charge is 0.490 e. The predicted octanol–water partition coefficient (Wildman–Crippen LogP) is 4.44. The van der Waals surface area contributed by atoms with Gasteiger partial charge in [0.05, 0.1) is 0 Å². The second-order valence-corrected chi connectivity index (χ2v) is 7.19. The van der Waals surface area contributed by atoms with Gasteiger partial charge in [-0.05, 0) is 42.2 Å². The molecule has 0 spiro atoms. The van der Waals surface area contributed by atoms with Gasteiger partial charge >= 0.3 is 0 Å². The Bertz CT molecular complexity index is 593. The van der Waals surface area contributed by atoms with E-state index in [-0.39, 0.29) is 12.0 Å².